The summed E-state index contributed by atoms with van der Waals surface area (Å²) in [5, 5.41) is 10.0. The molecule has 0 aromatic heterocycles. The minimum absolute atomic E-state index is 0.475. The summed E-state index contributed by atoms with van der Waals surface area (Å²) in [5.74, 6) is 0. The van der Waals surface area contributed by atoms with E-state index in [0.717, 1.165) is 22.9 Å². The van der Waals surface area contributed by atoms with Gasteiger partial charge in [-0.05, 0) is 25.0 Å². The molecule has 0 heterocycles. The van der Waals surface area contributed by atoms with Gasteiger partial charge in [-0.2, -0.15) is 5.26 Å². The Labute approximate surface area is 104 Å². The smallest absolute Gasteiger partial charge is 0.0842 e. The van der Waals surface area contributed by atoms with Crippen LogP contribution in [0.1, 0.15) is 32.3 Å². The molecule has 0 N–H and O–H groups in total. The zero-order chi connectivity index (χ0) is 11.5. The summed E-state index contributed by atoms with van der Waals surface area (Å²) in [6, 6.07) is 8.04. The first-order chi connectivity index (χ1) is 7.11. The number of nitriles is 1. The van der Waals surface area contributed by atoms with Gasteiger partial charge in [-0.25, -0.2) is 0 Å². The molecule has 3 heteroatoms. The number of nitrogens with zero attached hydrogens (tertiary/aromatic N) is 1. The first-order valence-corrected chi connectivity index (χ1v) is 6.14. The highest BCUT2D eigenvalue weighted by molar-refractivity contribution is 9.10. The Morgan fingerprint density at radius 2 is 2.00 bits per heavy atom. The van der Waals surface area contributed by atoms with Crippen LogP contribution in [0.3, 0.4) is 0 Å². The number of rotatable bonds is 3. The fraction of sp³-hybridized carbons (Fsp3) is 0.417. The Morgan fingerprint density at radius 1 is 1.40 bits per heavy atom. The lowest BCUT2D eigenvalue weighted by molar-refractivity contribution is 0.509. The fourth-order valence-corrected chi connectivity index (χ4v) is 2.99. The first-order valence-electron chi connectivity index (χ1n) is 4.97. The van der Waals surface area contributed by atoms with Gasteiger partial charge in [0.05, 0.1) is 11.5 Å². The second kappa shape index (κ2) is 5.01. The molecule has 0 aliphatic carbocycles. The largest absolute Gasteiger partial charge is 0.197 e. The quantitative estimate of drug-likeness (QED) is 0.791. The number of hydrogen-bond donors (Lipinski definition) is 0. The van der Waals surface area contributed by atoms with Crippen molar-refractivity contribution in [2.45, 2.75) is 32.1 Å². The van der Waals surface area contributed by atoms with Gasteiger partial charge in [0, 0.05) is 15.1 Å². The van der Waals surface area contributed by atoms with Crippen LogP contribution in [0.4, 0.5) is 0 Å². The number of hydrogen-bond acceptors (Lipinski definition) is 1. The molecule has 0 aliphatic heterocycles. The summed E-state index contributed by atoms with van der Waals surface area (Å²) in [6.07, 6.45) is 1.53. The molecule has 1 nitrogen and oxygen atoms in total. The molecule has 1 aromatic rings. The van der Waals surface area contributed by atoms with Gasteiger partial charge in [0.2, 0.25) is 0 Å². The first kappa shape index (κ1) is 12.5. The number of halogens is 2. The van der Waals surface area contributed by atoms with Gasteiger partial charge < -0.3 is 0 Å². The minimum Gasteiger partial charge on any atom is -0.197 e. The Hall–Kier alpha value is -0.520. The molecule has 0 spiro atoms. The standard InChI is InChI=1S/C12H13BrClN/c1-3-12(4-2,8-15)11-9(13)6-5-7-10(11)14/h5-7H,3-4H2,1-2H3. The number of benzene rings is 1. The summed E-state index contributed by atoms with van der Waals surface area (Å²) < 4.78 is 0.917. The van der Waals surface area contributed by atoms with Crippen molar-refractivity contribution < 1.29 is 0 Å². The zero-order valence-electron chi connectivity index (χ0n) is 8.85. The van der Waals surface area contributed by atoms with Crippen LogP contribution in [0, 0.1) is 11.3 Å². The SMILES string of the molecule is CCC(C#N)(CC)c1c(Cl)cccc1Br. The predicted octanol–water partition coefficient (Wildman–Crippen LogP) is 4.68. The zero-order valence-corrected chi connectivity index (χ0v) is 11.2. The van der Waals surface area contributed by atoms with E-state index in [9.17, 15) is 5.26 Å². The lowest BCUT2D eigenvalue weighted by Crippen LogP contribution is -2.23. The van der Waals surface area contributed by atoms with Gasteiger partial charge in [-0.1, -0.05) is 47.4 Å². The van der Waals surface area contributed by atoms with Crippen LogP contribution in [0.15, 0.2) is 22.7 Å². The van der Waals surface area contributed by atoms with Gasteiger partial charge in [0.15, 0.2) is 0 Å². The Morgan fingerprint density at radius 3 is 2.40 bits per heavy atom. The Bertz CT molecular complexity index is 371. The molecule has 0 aliphatic rings. The maximum Gasteiger partial charge on any atom is 0.0842 e. The lowest BCUT2D eigenvalue weighted by Gasteiger charge is -2.26. The molecule has 0 radical (unpaired) electrons. The molecule has 1 rings (SSSR count). The average Bonchev–Trinajstić information content (AvgIpc) is 2.24. The molecule has 0 saturated carbocycles. The van der Waals surface area contributed by atoms with E-state index in [0.29, 0.717) is 5.02 Å². The van der Waals surface area contributed by atoms with Crippen molar-refractivity contribution in [3.8, 4) is 6.07 Å². The molecule has 0 atom stereocenters. The van der Waals surface area contributed by atoms with E-state index < -0.39 is 5.41 Å². The molecule has 1 aromatic carbocycles. The summed E-state index contributed by atoms with van der Waals surface area (Å²) in [7, 11) is 0. The minimum atomic E-state index is -0.475. The third-order valence-electron chi connectivity index (χ3n) is 2.86. The second-order valence-electron chi connectivity index (χ2n) is 3.50. The average molecular weight is 287 g/mol. The van der Waals surface area contributed by atoms with Crippen molar-refractivity contribution in [3.05, 3.63) is 33.3 Å². The molecule has 0 unspecified atom stereocenters. The molecular formula is C12H13BrClN. The maximum absolute atomic E-state index is 9.35. The molecule has 0 saturated heterocycles. The van der Waals surface area contributed by atoms with Gasteiger partial charge in [0.1, 0.15) is 0 Å². The van der Waals surface area contributed by atoms with E-state index >= 15 is 0 Å². The predicted molar refractivity (Wildman–Crippen MR) is 67.0 cm³/mol. The highest BCUT2D eigenvalue weighted by Crippen LogP contribution is 2.40. The van der Waals surface area contributed by atoms with Crippen LogP contribution in [-0.2, 0) is 5.41 Å². The van der Waals surface area contributed by atoms with Gasteiger partial charge in [-0.15, -0.1) is 0 Å². The summed E-state index contributed by atoms with van der Waals surface area (Å²) in [6.45, 7) is 4.03. The summed E-state index contributed by atoms with van der Waals surface area (Å²) in [5.41, 5.74) is 0.441. The van der Waals surface area contributed by atoms with E-state index in [2.05, 4.69) is 22.0 Å². The third kappa shape index (κ3) is 2.19. The van der Waals surface area contributed by atoms with Crippen LogP contribution in [0.25, 0.3) is 0 Å². The van der Waals surface area contributed by atoms with Crippen molar-refractivity contribution in [3.63, 3.8) is 0 Å². The van der Waals surface area contributed by atoms with Crippen molar-refractivity contribution >= 4 is 27.5 Å². The third-order valence-corrected chi connectivity index (χ3v) is 3.84. The molecule has 0 fully saturated rings. The van der Waals surface area contributed by atoms with Crippen molar-refractivity contribution in [2.24, 2.45) is 0 Å². The second-order valence-corrected chi connectivity index (χ2v) is 4.76. The molecule has 15 heavy (non-hydrogen) atoms. The Balaban J connectivity index is 3.42. The van der Waals surface area contributed by atoms with E-state index in [1.165, 1.54) is 0 Å². The fourth-order valence-electron chi connectivity index (χ4n) is 1.77. The van der Waals surface area contributed by atoms with E-state index in [4.69, 9.17) is 11.6 Å². The molecule has 0 bridgehead atoms. The van der Waals surface area contributed by atoms with Crippen LogP contribution in [-0.4, -0.2) is 0 Å². The Kier molecular flexibility index (Phi) is 4.19. The van der Waals surface area contributed by atoms with Crippen molar-refractivity contribution in [2.75, 3.05) is 0 Å². The van der Waals surface area contributed by atoms with E-state index in [-0.39, 0.29) is 0 Å². The summed E-state index contributed by atoms with van der Waals surface area (Å²) >= 11 is 9.64. The van der Waals surface area contributed by atoms with E-state index in [1.54, 1.807) is 0 Å². The highest BCUT2D eigenvalue weighted by Gasteiger charge is 2.32. The van der Waals surface area contributed by atoms with Gasteiger partial charge in [0.25, 0.3) is 0 Å². The monoisotopic (exact) mass is 285 g/mol. The normalized spacial score (nSPS) is 11.1. The van der Waals surface area contributed by atoms with E-state index in [1.807, 2.05) is 32.0 Å². The van der Waals surface area contributed by atoms with Crippen LogP contribution >= 0.6 is 27.5 Å². The van der Waals surface area contributed by atoms with Crippen LogP contribution in [0.5, 0.6) is 0 Å². The highest BCUT2D eigenvalue weighted by atomic mass is 79.9. The lowest BCUT2D eigenvalue weighted by atomic mass is 9.77. The molecule has 0 amide bonds. The van der Waals surface area contributed by atoms with Crippen LogP contribution in [0.2, 0.25) is 5.02 Å². The van der Waals surface area contributed by atoms with Crippen LogP contribution < -0.4 is 0 Å². The van der Waals surface area contributed by atoms with Crippen molar-refractivity contribution in [1.29, 1.82) is 5.26 Å². The summed E-state index contributed by atoms with van der Waals surface area (Å²) in [4.78, 5) is 0. The van der Waals surface area contributed by atoms with Gasteiger partial charge in [-0.3, -0.25) is 0 Å². The molecular weight excluding hydrogens is 273 g/mol. The van der Waals surface area contributed by atoms with Gasteiger partial charge >= 0.3 is 0 Å². The molecule has 80 valence electrons. The van der Waals surface area contributed by atoms with Crippen molar-refractivity contribution in [1.82, 2.24) is 0 Å². The maximum atomic E-state index is 9.35. The topological polar surface area (TPSA) is 23.8 Å².